The van der Waals surface area contributed by atoms with Gasteiger partial charge < -0.3 is 4.74 Å². The fourth-order valence-electron chi connectivity index (χ4n) is 0.768. The lowest BCUT2D eigenvalue weighted by Crippen LogP contribution is -2.05. The zero-order valence-electron chi connectivity index (χ0n) is 7.48. The summed E-state index contributed by atoms with van der Waals surface area (Å²) in [6.45, 7) is 2.01. The number of ether oxygens (including phenoxy) is 1. The van der Waals surface area contributed by atoms with Crippen molar-refractivity contribution in [1.29, 1.82) is 0 Å². The van der Waals surface area contributed by atoms with Gasteiger partial charge in [-0.15, -0.1) is 11.8 Å². The second-order valence-corrected chi connectivity index (χ2v) is 3.45. The van der Waals surface area contributed by atoms with Crippen molar-refractivity contribution in [2.24, 2.45) is 0 Å². The van der Waals surface area contributed by atoms with Crippen LogP contribution < -0.4 is 0 Å². The highest BCUT2D eigenvalue weighted by molar-refractivity contribution is 7.99. The van der Waals surface area contributed by atoms with Crippen LogP contribution in [0.1, 0.15) is 17.4 Å². The van der Waals surface area contributed by atoms with E-state index in [1.54, 1.807) is 6.20 Å². The molecule has 4 nitrogen and oxygen atoms in total. The van der Waals surface area contributed by atoms with E-state index in [9.17, 15) is 4.79 Å². The smallest absolute Gasteiger partial charge is 0.358 e. The molecule has 0 amide bonds. The van der Waals surface area contributed by atoms with Crippen molar-refractivity contribution in [2.45, 2.75) is 11.9 Å². The minimum absolute atomic E-state index is 0.251. The molecule has 0 aromatic carbocycles. The highest BCUT2D eigenvalue weighted by Crippen LogP contribution is 2.13. The largest absolute Gasteiger partial charge is 0.464 e. The molecule has 0 atom stereocenters. The number of hydrogen-bond acceptors (Lipinski definition) is 5. The molecule has 0 fully saturated rings. The zero-order valence-corrected chi connectivity index (χ0v) is 8.30. The highest BCUT2D eigenvalue weighted by Gasteiger charge is 2.07. The van der Waals surface area contributed by atoms with Crippen LogP contribution in [0.15, 0.2) is 17.4 Å². The van der Waals surface area contributed by atoms with Gasteiger partial charge in [0.1, 0.15) is 5.03 Å². The molecule has 1 aromatic heterocycles. The van der Waals surface area contributed by atoms with E-state index in [1.807, 2.05) is 6.92 Å². The molecule has 0 unspecified atom stereocenters. The Balaban J connectivity index is 2.85. The monoisotopic (exact) mass is 198 g/mol. The molecule has 0 saturated heterocycles. The molecule has 70 valence electrons. The minimum Gasteiger partial charge on any atom is -0.464 e. The van der Waals surface area contributed by atoms with E-state index in [-0.39, 0.29) is 5.69 Å². The first-order valence-electron chi connectivity index (χ1n) is 3.81. The van der Waals surface area contributed by atoms with Crippen molar-refractivity contribution in [3.63, 3.8) is 0 Å². The summed E-state index contributed by atoms with van der Waals surface area (Å²) in [5, 5.41) is 0.741. The maximum Gasteiger partial charge on any atom is 0.358 e. The molecule has 1 rings (SSSR count). The Morgan fingerprint density at radius 3 is 3.00 bits per heavy atom. The average molecular weight is 198 g/mol. The molecule has 0 bridgehead atoms. The maximum absolute atomic E-state index is 11.0. The normalized spacial score (nSPS) is 9.69. The third-order valence-corrected chi connectivity index (χ3v) is 2.08. The van der Waals surface area contributed by atoms with Crippen molar-refractivity contribution in [3.8, 4) is 0 Å². The van der Waals surface area contributed by atoms with Crippen LogP contribution in [0, 0.1) is 0 Å². The first kappa shape index (κ1) is 9.98. The Morgan fingerprint density at radius 2 is 2.38 bits per heavy atom. The summed E-state index contributed by atoms with van der Waals surface area (Å²) in [4.78, 5) is 19.0. The van der Waals surface area contributed by atoms with Gasteiger partial charge in [0.15, 0.2) is 5.69 Å². The highest BCUT2D eigenvalue weighted by atomic mass is 32.2. The number of nitrogens with zero attached hydrogens (tertiary/aromatic N) is 2. The Morgan fingerprint density at radius 1 is 1.62 bits per heavy atom. The summed E-state index contributed by atoms with van der Waals surface area (Å²) in [5.74, 6) is 0.449. The molecule has 0 spiro atoms. The Bertz CT molecular complexity index is 304. The van der Waals surface area contributed by atoms with Crippen molar-refractivity contribution in [1.82, 2.24) is 9.97 Å². The molecule has 0 aliphatic heterocycles. The SMILES string of the molecule is CCSc1cncc(C(=O)OC)n1. The van der Waals surface area contributed by atoms with Crippen LogP contribution in [0.3, 0.4) is 0 Å². The summed E-state index contributed by atoms with van der Waals surface area (Å²) in [6, 6.07) is 0. The number of aromatic nitrogens is 2. The van der Waals surface area contributed by atoms with Gasteiger partial charge in [-0.05, 0) is 5.75 Å². The summed E-state index contributed by atoms with van der Waals surface area (Å²) < 4.78 is 4.52. The standard InChI is InChI=1S/C8H10N2O2S/c1-3-13-7-5-9-4-6(10-7)8(11)12-2/h4-5H,3H2,1-2H3. The molecule has 0 aliphatic rings. The quantitative estimate of drug-likeness (QED) is 0.542. The van der Waals surface area contributed by atoms with E-state index in [4.69, 9.17) is 0 Å². The van der Waals surface area contributed by atoms with Gasteiger partial charge in [0.25, 0.3) is 0 Å². The van der Waals surface area contributed by atoms with E-state index in [0.717, 1.165) is 10.8 Å². The van der Waals surface area contributed by atoms with Gasteiger partial charge in [0, 0.05) is 0 Å². The lowest BCUT2D eigenvalue weighted by atomic mass is 10.5. The number of esters is 1. The van der Waals surface area contributed by atoms with E-state index < -0.39 is 5.97 Å². The zero-order chi connectivity index (χ0) is 9.68. The van der Waals surface area contributed by atoms with Crippen LogP contribution in [-0.2, 0) is 4.74 Å². The van der Waals surface area contributed by atoms with Crippen molar-refractivity contribution >= 4 is 17.7 Å². The third kappa shape index (κ3) is 2.69. The average Bonchev–Trinajstić information content (AvgIpc) is 2.18. The van der Waals surface area contributed by atoms with Crippen LogP contribution in [0.4, 0.5) is 0 Å². The van der Waals surface area contributed by atoms with Crippen molar-refractivity contribution < 1.29 is 9.53 Å². The first-order chi connectivity index (χ1) is 6.27. The van der Waals surface area contributed by atoms with Gasteiger partial charge in [-0.3, -0.25) is 4.98 Å². The molecule has 1 heterocycles. The van der Waals surface area contributed by atoms with Gasteiger partial charge in [0.05, 0.1) is 19.5 Å². The Labute approximate surface area is 80.7 Å². The first-order valence-corrected chi connectivity index (χ1v) is 4.79. The number of hydrogen-bond donors (Lipinski definition) is 0. The Kier molecular flexibility index (Phi) is 3.70. The molecule has 1 aromatic rings. The van der Waals surface area contributed by atoms with E-state index in [1.165, 1.54) is 25.1 Å². The van der Waals surface area contributed by atoms with Crippen molar-refractivity contribution in [3.05, 3.63) is 18.1 Å². The minimum atomic E-state index is -0.453. The van der Waals surface area contributed by atoms with Gasteiger partial charge in [0.2, 0.25) is 0 Å². The van der Waals surface area contributed by atoms with E-state index >= 15 is 0 Å². The topological polar surface area (TPSA) is 52.1 Å². The molecule has 0 N–H and O–H groups in total. The van der Waals surface area contributed by atoms with E-state index in [2.05, 4.69) is 14.7 Å². The molecule has 0 aliphatic carbocycles. The lowest BCUT2D eigenvalue weighted by molar-refractivity contribution is 0.0592. The van der Waals surface area contributed by atoms with Crippen LogP contribution >= 0.6 is 11.8 Å². The summed E-state index contributed by atoms with van der Waals surface area (Å²) in [6.07, 6.45) is 3.02. The van der Waals surface area contributed by atoms with Gasteiger partial charge in [-0.1, -0.05) is 6.92 Å². The second-order valence-electron chi connectivity index (χ2n) is 2.17. The number of rotatable bonds is 3. The van der Waals surface area contributed by atoms with Gasteiger partial charge in [-0.2, -0.15) is 0 Å². The molecule has 0 radical (unpaired) electrons. The second kappa shape index (κ2) is 4.81. The van der Waals surface area contributed by atoms with Crippen LogP contribution in [0.2, 0.25) is 0 Å². The molecular weight excluding hydrogens is 188 g/mol. The number of methoxy groups -OCH3 is 1. The van der Waals surface area contributed by atoms with Gasteiger partial charge in [-0.25, -0.2) is 9.78 Å². The maximum atomic E-state index is 11.0. The van der Waals surface area contributed by atoms with Gasteiger partial charge >= 0.3 is 5.97 Å². The Hall–Kier alpha value is -1.10. The predicted molar refractivity (Wildman–Crippen MR) is 49.8 cm³/mol. The summed E-state index contributed by atoms with van der Waals surface area (Å²) in [5.41, 5.74) is 0.251. The third-order valence-electron chi connectivity index (χ3n) is 1.30. The van der Waals surface area contributed by atoms with Crippen LogP contribution in [0.25, 0.3) is 0 Å². The fourth-order valence-corrected chi connectivity index (χ4v) is 1.36. The lowest BCUT2D eigenvalue weighted by Gasteiger charge is -1.99. The number of carbonyl (C=O) groups excluding carboxylic acids is 1. The summed E-state index contributed by atoms with van der Waals surface area (Å²) in [7, 11) is 1.32. The predicted octanol–water partition coefficient (Wildman–Crippen LogP) is 1.38. The fraction of sp³-hybridized carbons (Fsp3) is 0.375. The molecular formula is C8H10N2O2S. The molecule has 0 saturated carbocycles. The summed E-state index contributed by atoms with van der Waals surface area (Å²) >= 11 is 1.54. The number of thioether (sulfide) groups is 1. The van der Waals surface area contributed by atoms with Crippen LogP contribution in [-0.4, -0.2) is 28.8 Å². The molecule has 13 heavy (non-hydrogen) atoms. The van der Waals surface area contributed by atoms with Crippen molar-refractivity contribution in [2.75, 3.05) is 12.9 Å². The van der Waals surface area contributed by atoms with E-state index in [0.29, 0.717) is 0 Å². The molecule has 5 heteroatoms. The van der Waals surface area contributed by atoms with Crippen LogP contribution in [0.5, 0.6) is 0 Å². The number of carbonyl (C=O) groups is 1.